The summed E-state index contributed by atoms with van der Waals surface area (Å²) in [7, 11) is 0. The average Bonchev–Trinajstić information content (AvgIpc) is 2.24. The lowest BCUT2D eigenvalue weighted by atomic mass is 10.1. The Labute approximate surface area is 118 Å². The molecule has 0 radical (unpaired) electrons. The van der Waals surface area contributed by atoms with Crippen molar-refractivity contribution >= 4 is 23.4 Å². The van der Waals surface area contributed by atoms with Crippen LogP contribution in [-0.4, -0.2) is 34.4 Å². The molecule has 0 aliphatic heterocycles. The molecule has 1 unspecified atom stereocenters. The second kappa shape index (κ2) is 6.66. The van der Waals surface area contributed by atoms with E-state index >= 15 is 0 Å². The summed E-state index contributed by atoms with van der Waals surface area (Å²) in [4.78, 5) is 0. The Morgan fingerprint density at radius 2 is 2.11 bits per heavy atom. The molecule has 0 aromatic heterocycles. The highest BCUT2D eigenvalue weighted by Gasteiger charge is 2.19. The second-order valence-corrected chi connectivity index (χ2v) is 6.07. The fraction of sp³-hybridized carbons (Fsp3) is 0.538. The number of hydrogen-bond donors (Lipinski definition) is 3. The predicted octanol–water partition coefficient (Wildman–Crippen LogP) is 2.56. The van der Waals surface area contributed by atoms with Gasteiger partial charge in [-0.15, -0.1) is 0 Å². The fourth-order valence-corrected chi connectivity index (χ4v) is 2.79. The largest absolute Gasteiger partial charge is 0.507 e. The Balaban J connectivity index is 2.59. The molecule has 102 valence electrons. The number of aliphatic hydroxyl groups is 1. The minimum Gasteiger partial charge on any atom is -0.507 e. The molecule has 0 aliphatic carbocycles. The van der Waals surface area contributed by atoms with E-state index in [1.807, 2.05) is 13.2 Å². The van der Waals surface area contributed by atoms with Crippen LogP contribution in [0.25, 0.3) is 0 Å². The maximum atomic E-state index is 10.00. The number of nitrogens with one attached hydrogen (secondary N) is 1. The number of halogens is 1. The highest BCUT2D eigenvalue weighted by Crippen LogP contribution is 2.26. The minimum absolute atomic E-state index is 0.261. The van der Waals surface area contributed by atoms with Crippen molar-refractivity contribution in [2.24, 2.45) is 0 Å². The van der Waals surface area contributed by atoms with Gasteiger partial charge in [-0.2, -0.15) is 11.8 Å². The molecule has 5 heteroatoms. The Morgan fingerprint density at radius 1 is 1.44 bits per heavy atom. The summed E-state index contributed by atoms with van der Waals surface area (Å²) in [5.74, 6) is 0.928. The third kappa shape index (κ3) is 4.69. The minimum atomic E-state index is -0.747. The molecule has 0 bridgehead atoms. The Bertz CT molecular complexity index is 410. The zero-order valence-corrected chi connectivity index (χ0v) is 12.5. The number of aromatic hydroxyl groups is 1. The van der Waals surface area contributed by atoms with Gasteiger partial charge in [-0.3, -0.25) is 0 Å². The van der Waals surface area contributed by atoms with Crippen molar-refractivity contribution in [3.63, 3.8) is 0 Å². The number of phenolic OH excluding ortho intramolecular Hbond substituents is 1. The molecule has 1 atom stereocenters. The van der Waals surface area contributed by atoms with Gasteiger partial charge in [0.2, 0.25) is 0 Å². The number of hydrogen-bond acceptors (Lipinski definition) is 4. The van der Waals surface area contributed by atoms with E-state index in [-0.39, 0.29) is 5.75 Å². The molecule has 0 aliphatic rings. The van der Waals surface area contributed by atoms with E-state index in [9.17, 15) is 10.2 Å². The van der Waals surface area contributed by atoms with Crippen LogP contribution in [-0.2, 0) is 6.54 Å². The van der Waals surface area contributed by atoms with Gasteiger partial charge in [-0.1, -0.05) is 11.6 Å². The summed E-state index contributed by atoms with van der Waals surface area (Å²) in [6, 6.07) is 3.46. The van der Waals surface area contributed by atoms with E-state index in [4.69, 9.17) is 11.6 Å². The van der Waals surface area contributed by atoms with Crippen LogP contribution in [0.1, 0.15) is 18.1 Å². The van der Waals surface area contributed by atoms with Gasteiger partial charge in [0.15, 0.2) is 0 Å². The third-order valence-electron chi connectivity index (χ3n) is 2.62. The molecule has 3 N–H and O–H groups in total. The van der Waals surface area contributed by atoms with Gasteiger partial charge in [-0.05, 0) is 37.8 Å². The molecule has 1 aromatic carbocycles. The van der Waals surface area contributed by atoms with Crippen molar-refractivity contribution in [1.29, 1.82) is 0 Å². The molecule has 0 fully saturated rings. The van der Waals surface area contributed by atoms with Crippen LogP contribution in [0.15, 0.2) is 12.1 Å². The lowest BCUT2D eigenvalue weighted by Crippen LogP contribution is -2.39. The number of phenols is 1. The van der Waals surface area contributed by atoms with Crippen molar-refractivity contribution in [3.8, 4) is 5.75 Å². The fourth-order valence-electron chi connectivity index (χ4n) is 1.77. The van der Waals surface area contributed by atoms with Crippen LogP contribution in [0.3, 0.4) is 0 Å². The smallest absolute Gasteiger partial charge is 0.123 e. The predicted molar refractivity (Wildman–Crippen MR) is 78.6 cm³/mol. The SMILES string of the molecule is CSCC(C)(O)CNCc1cc(Cl)cc(C)c1O. The van der Waals surface area contributed by atoms with Crippen LogP contribution in [0.4, 0.5) is 0 Å². The van der Waals surface area contributed by atoms with E-state index < -0.39 is 5.60 Å². The van der Waals surface area contributed by atoms with Gasteiger partial charge in [0.05, 0.1) is 5.60 Å². The first-order valence-corrected chi connectivity index (χ1v) is 7.53. The Kier molecular flexibility index (Phi) is 5.79. The first-order chi connectivity index (χ1) is 8.35. The normalized spacial score (nSPS) is 14.5. The van der Waals surface area contributed by atoms with E-state index in [1.165, 1.54) is 0 Å². The molecule has 0 saturated carbocycles. The van der Waals surface area contributed by atoms with E-state index in [1.54, 1.807) is 30.8 Å². The molecule has 0 spiro atoms. The van der Waals surface area contributed by atoms with Gasteiger partial charge >= 0.3 is 0 Å². The van der Waals surface area contributed by atoms with Crippen molar-refractivity contribution in [2.45, 2.75) is 26.0 Å². The van der Waals surface area contributed by atoms with Crippen molar-refractivity contribution < 1.29 is 10.2 Å². The number of thioether (sulfide) groups is 1. The molecular weight excluding hydrogens is 270 g/mol. The monoisotopic (exact) mass is 289 g/mol. The first-order valence-electron chi connectivity index (χ1n) is 5.76. The summed E-state index contributed by atoms with van der Waals surface area (Å²) in [6.07, 6.45) is 1.96. The average molecular weight is 290 g/mol. The molecule has 1 rings (SSSR count). The standard InChI is InChI=1S/C13H20ClNO2S/c1-9-4-11(14)5-10(12(9)16)6-15-7-13(2,17)8-18-3/h4-5,15-17H,6-8H2,1-3H3. The van der Waals surface area contributed by atoms with Crippen molar-refractivity contribution in [3.05, 3.63) is 28.3 Å². The first kappa shape index (κ1) is 15.6. The Hall–Kier alpha value is -0.420. The maximum absolute atomic E-state index is 10.00. The van der Waals surface area contributed by atoms with Gasteiger partial charge in [0.25, 0.3) is 0 Å². The van der Waals surface area contributed by atoms with Crippen LogP contribution in [0.5, 0.6) is 5.75 Å². The van der Waals surface area contributed by atoms with Crippen LogP contribution < -0.4 is 5.32 Å². The van der Waals surface area contributed by atoms with Gasteiger partial charge in [-0.25, -0.2) is 0 Å². The molecule has 0 heterocycles. The van der Waals surface area contributed by atoms with E-state index in [0.29, 0.717) is 23.9 Å². The summed E-state index contributed by atoms with van der Waals surface area (Å²) in [5.41, 5.74) is 0.762. The van der Waals surface area contributed by atoms with Crippen LogP contribution >= 0.6 is 23.4 Å². The molecule has 0 saturated heterocycles. The van der Waals surface area contributed by atoms with E-state index in [0.717, 1.165) is 11.1 Å². The van der Waals surface area contributed by atoms with Crippen LogP contribution in [0, 0.1) is 6.92 Å². The number of rotatable bonds is 6. The molecule has 18 heavy (non-hydrogen) atoms. The quantitative estimate of drug-likeness (QED) is 0.753. The lowest BCUT2D eigenvalue weighted by Gasteiger charge is -2.22. The topological polar surface area (TPSA) is 52.5 Å². The third-order valence-corrected chi connectivity index (χ3v) is 3.75. The summed E-state index contributed by atoms with van der Waals surface area (Å²) < 4.78 is 0. The molecule has 0 amide bonds. The number of aryl methyl sites for hydroxylation is 1. The molecular formula is C13H20ClNO2S. The zero-order chi connectivity index (χ0) is 13.8. The summed E-state index contributed by atoms with van der Waals surface area (Å²) in [6.45, 7) is 4.56. The summed E-state index contributed by atoms with van der Waals surface area (Å²) >= 11 is 7.55. The van der Waals surface area contributed by atoms with Gasteiger partial charge < -0.3 is 15.5 Å². The number of benzene rings is 1. The molecule has 3 nitrogen and oxygen atoms in total. The van der Waals surface area contributed by atoms with Crippen molar-refractivity contribution in [2.75, 3.05) is 18.6 Å². The van der Waals surface area contributed by atoms with Crippen LogP contribution in [0.2, 0.25) is 5.02 Å². The van der Waals surface area contributed by atoms with Gasteiger partial charge in [0, 0.05) is 29.4 Å². The maximum Gasteiger partial charge on any atom is 0.123 e. The molecule has 1 aromatic rings. The zero-order valence-electron chi connectivity index (χ0n) is 11.0. The highest BCUT2D eigenvalue weighted by atomic mass is 35.5. The van der Waals surface area contributed by atoms with Crippen molar-refractivity contribution in [1.82, 2.24) is 5.32 Å². The van der Waals surface area contributed by atoms with Gasteiger partial charge in [0.1, 0.15) is 5.75 Å². The Morgan fingerprint density at radius 3 is 2.72 bits per heavy atom. The summed E-state index contributed by atoms with van der Waals surface area (Å²) in [5, 5.41) is 23.6. The second-order valence-electron chi connectivity index (χ2n) is 4.76. The van der Waals surface area contributed by atoms with E-state index in [2.05, 4.69) is 5.32 Å². The highest BCUT2D eigenvalue weighted by molar-refractivity contribution is 7.98. The lowest BCUT2D eigenvalue weighted by molar-refractivity contribution is 0.0845.